The summed E-state index contributed by atoms with van der Waals surface area (Å²) in [5, 5.41) is 0. The van der Waals surface area contributed by atoms with Crippen LogP contribution in [0, 0.1) is 19.8 Å². The topological polar surface area (TPSA) is 26.0 Å². The standard InChI is InChI=1S/C13H21N.ClH/c1-5-9(2)13(14)12-8-6-7-10(3)11(12)4;/h6-9,13H,5,14H2,1-4H3;1H/t9?,13-;/m1./s1. The zero-order chi connectivity index (χ0) is 10.7. The summed E-state index contributed by atoms with van der Waals surface area (Å²) < 4.78 is 0. The highest BCUT2D eigenvalue weighted by Gasteiger charge is 2.15. The van der Waals surface area contributed by atoms with Gasteiger partial charge in [0.05, 0.1) is 0 Å². The van der Waals surface area contributed by atoms with E-state index in [1.54, 1.807) is 0 Å². The highest BCUT2D eigenvalue weighted by atomic mass is 35.5. The molecular formula is C13H22ClN. The third kappa shape index (κ3) is 3.22. The first-order chi connectivity index (χ1) is 6.57. The van der Waals surface area contributed by atoms with Gasteiger partial charge in [0, 0.05) is 6.04 Å². The molecule has 15 heavy (non-hydrogen) atoms. The van der Waals surface area contributed by atoms with Crippen molar-refractivity contribution in [1.82, 2.24) is 0 Å². The maximum Gasteiger partial charge on any atom is 0.0323 e. The summed E-state index contributed by atoms with van der Waals surface area (Å²) in [6.45, 7) is 8.71. The molecule has 0 aliphatic heterocycles. The average molecular weight is 228 g/mol. The second-order valence-electron chi connectivity index (χ2n) is 4.20. The largest absolute Gasteiger partial charge is 0.324 e. The number of hydrogen-bond donors (Lipinski definition) is 1. The average Bonchev–Trinajstić information content (AvgIpc) is 2.20. The first kappa shape index (κ1) is 14.5. The molecule has 0 fully saturated rings. The molecule has 1 unspecified atom stereocenters. The van der Waals surface area contributed by atoms with Crippen LogP contribution in [0.1, 0.15) is 43.0 Å². The van der Waals surface area contributed by atoms with Crippen LogP contribution in [0.25, 0.3) is 0 Å². The van der Waals surface area contributed by atoms with Crippen molar-refractivity contribution in [3.63, 3.8) is 0 Å². The van der Waals surface area contributed by atoms with Crippen LogP contribution in [-0.2, 0) is 0 Å². The van der Waals surface area contributed by atoms with Gasteiger partial charge in [-0.25, -0.2) is 0 Å². The number of nitrogens with two attached hydrogens (primary N) is 1. The number of benzene rings is 1. The second-order valence-corrected chi connectivity index (χ2v) is 4.20. The molecule has 0 aliphatic carbocycles. The zero-order valence-corrected chi connectivity index (χ0v) is 10.9. The molecule has 1 rings (SSSR count). The van der Waals surface area contributed by atoms with Gasteiger partial charge in [-0.1, -0.05) is 38.5 Å². The maximum absolute atomic E-state index is 6.22. The van der Waals surface area contributed by atoms with Crippen LogP contribution in [-0.4, -0.2) is 0 Å². The molecular weight excluding hydrogens is 206 g/mol. The second kappa shape index (κ2) is 6.14. The van der Waals surface area contributed by atoms with Crippen LogP contribution >= 0.6 is 12.4 Å². The lowest BCUT2D eigenvalue weighted by Gasteiger charge is -2.21. The fourth-order valence-corrected chi connectivity index (χ4v) is 1.70. The van der Waals surface area contributed by atoms with Gasteiger partial charge in [0.1, 0.15) is 0 Å². The summed E-state index contributed by atoms with van der Waals surface area (Å²) in [6, 6.07) is 6.57. The smallest absolute Gasteiger partial charge is 0.0323 e. The molecule has 2 atom stereocenters. The molecule has 0 saturated carbocycles. The van der Waals surface area contributed by atoms with Crippen molar-refractivity contribution >= 4 is 12.4 Å². The van der Waals surface area contributed by atoms with Crippen molar-refractivity contribution in [2.75, 3.05) is 0 Å². The number of rotatable bonds is 3. The summed E-state index contributed by atoms with van der Waals surface area (Å²) >= 11 is 0. The Labute approximate surface area is 99.5 Å². The Bertz CT molecular complexity index is 309. The first-order valence-electron chi connectivity index (χ1n) is 5.39. The van der Waals surface area contributed by atoms with Crippen molar-refractivity contribution in [3.8, 4) is 0 Å². The Balaban J connectivity index is 0.00000196. The van der Waals surface area contributed by atoms with Gasteiger partial charge in [-0.3, -0.25) is 0 Å². The van der Waals surface area contributed by atoms with Crippen molar-refractivity contribution in [1.29, 1.82) is 0 Å². The molecule has 0 aromatic heterocycles. The molecule has 86 valence electrons. The van der Waals surface area contributed by atoms with Crippen molar-refractivity contribution in [3.05, 3.63) is 34.9 Å². The summed E-state index contributed by atoms with van der Waals surface area (Å²) in [5.74, 6) is 0.551. The minimum Gasteiger partial charge on any atom is -0.324 e. The van der Waals surface area contributed by atoms with Crippen LogP contribution in [0.15, 0.2) is 18.2 Å². The van der Waals surface area contributed by atoms with Crippen molar-refractivity contribution in [2.45, 2.75) is 40.2 Å². The monoisotopic (exact) mass is 227 g/mol. The molecule has 0 saturated heterocycles. The lowest BCUT2D eigenvalue weighted by atomic mass is 9.89. The van der Waals surface area contributed by atoms with Crippen LogP contribution in [0.3, 0.4) is 0 Å². The molecule has 1 aromatic carbocycles. The van der Waals surface area contributed by atoms with Crippen LogP contribution in [0.2, 0.25) is 0 Å². The van der Waals surface area contributed by atoms with Gasteiger partial charge in [0.25, 0.3) is 0 Å². The quantitative estimate of drug-likeness (QED) is 0.836. The van der Waals surface area contributed by atoms with E-state index in [1.807, 2.05) is 0 Å². The van der Waals surface area contributed by atoms with Gasteiger partial charge in [-0.15, -0.1) is 12.4 Å². The normalized spacial score (nSPS) is 14.2. The first-order valence-corrected chi connectivity index (χ1v) is 5.39. The molecule has 1 nitrogen and oxygen atoms in total. The predicted molar refractivity (Wildman–Crippen MR) is 69.5 cm³/mol. The number of aryl methyl sites for hydroxylation is 1. The highest BCUT2D eigenvalue weighted by molar-refractivity contribution is 5.85. The SMILES string of the molecule is CCC(C)[C@@H](N)c1cccc(C)c1C.Cl. The van der Waals surface area contributed by atoms with E-state index in [4.69, 9.17) is 5.73 Å². The predicted octanol–water partition coefficient (Wildman–Crippen LogP) is 3.77. The minimum absolute atomic E-state index is 0. The fraction of sp³-hybridized carbons (Fsp3) is 0.538. The highest BCUT2D eigenvalue weighted by Crippen LogP contribution is 2.25. The van der Waals surface area contributed by atoms with Gasteiger partial charge in [0.15, 0.2) is 0 Å². The van der Waals surface area contributed by atoms with Gasteiger partial charge >= 0.3 is 0 Å². The molecule has 1 aromatic rings. The van der Waals surface area contributed by atoms with E-state index in [2.05, 4.69) is 45.9 Å². The Morgan fingerprint density at radius 3 is 2.40 bits per heavy atom. The molecule has 2 N–H and O–H groups in total. The zero-order valence-electron chi connectivity index (χ0n) is 10.1. The van der Waals surface area contributed by atoms with Gasteiger partial charge in [-0.2, -0.15) is 0 Å². The van der Waals surface area contributed by atoms with Crippen molar-refractivity contribution in [2.24, 2.45) is 11.7 Å². The lowest BCUT2D eigenvalue weighted by molar-refractivity contribution is 0.455. The van der Waals surface area contributed by atoms with Crippen LogP contribution in [0.5, 0.6) is 0 Å². The van der Waals surface area contributed by atoms with E-state index in [1.165, 1.54) is 16.7 Å². The van der Waals surface area contributed by atoms with E-state index in [0.717, 1.165) is 6.42 Å². The summed E-state index contributed by atoms with van der Waals surface area (Å²) in [6.07, 6.45) is 1.13. The molecule has 0 aliphatic rings. The summed E-state index contributed by atoms with van der Waals surface area (Å²) in [4.78, 5) is 0. The molecule has 0 amide bonds. The third-order valence-electron chi connectivity index (χ3n) is 3.26. The lowest BCUT2D eigenvalue weighted by Crippen LogP contribution is -2.19. The molecule has 0 spiro atoms. The third-order valence-corrected chi connectivity index (χ3v) is 3.26. The molecule has 2 heteroatoms. The Hall–Kier alpha value is -0.530. The van der Waals surface area contributed by atoms with Gasteiger partial charge in [-0.05, 0) is 36.5 Å². The van der Waals surface area contributed by atoms with E-state index in [0.29, 0.717) is 5.92 Å². The molecule has 0 bridgehead atoms. The Morgan fingerprint density at radius 1 is 1.27 bits per heavy atom. The number of halogens is 1. The molecule has 0 heterocycles. The van der Waals surface area contributed by atoms with E-state index < -0.39 is 0 Å². The van der Waals surface area contributed by atoms with Crippen LogP contribution in [0.4, 0.5) is 0 Å². The minimum atomic E-state index is 0. The van der Waals surface area contributed by atoms with Gasteiger partial charge < -0.3 is 5.73 Å². The Kier molecular flexibility index (Phi) is 5.92. The summed E-state index contributed by atoms with van der Waals surface area (Å²) in [5.41, 5.74) is 10.2. The van der Waals surface area contributed by atoms with E-state index >= 15 is 0 Å². The summed E-state index contributed by atoms with van der Waals surface area (Å²) in [7, 11) is 0. The molecule has 0 radical (unpaired) electrons. The van der Waals surface area contributed by atoms with E-state index in [9.17, 15) is 0 Å². The maximum atomic E-state index is 6.22. The van der Waals surface area contributed by atoms with Crippen molar-refractivity contribution < 1.29 is 0 Å². The number of hydrogen-bond acceptors (Lipinski definition) is 1. The fourth-order valence-electron chi connectivity index (χ4n) is 1.70. The van der Waals surface area contributed by atoms with Gasteiger partial charge in [0.2, 0.25) is 0 Å². The van der Waals surface area contributed by atoms with Crippen LogP contribution < -0.4 is 5.73 Å². The van der Waals surface area contributed by atoms with E-state index in [-0.39, 0.29) is 18.4 Å². The Morgan fingerprint density at radius 2 is 1.87 bits per heavy atom.